The topological polar surface area (TPSA) is 83.5 Å². The molecule has 1 aliphatic rings. The minimum absolute atomic E-state index is 0.130. The lowest BCUT2D eigenvalue weighted by molar-refractivity contribution is 0.0697. The van der Waals surface area contributed by atoms with Crippen molar-refractivity contribution in [1.82, 2.24) is 19.2 Å². The summed E-state index contributed by atoms with van der Waals surface area (Å²) in [5.41, 5.74) is 0.318. The predicted molar refractivity (Wildman–Crippen MR) is 93.2 cm³/mol. The fourth-order valence-electron chi connectivity index (χ4n) is 2.50. The summed E-state index contributed by atoms with van der Waals surface area (Å²) in [5.74, 6) is -0.260. The third-order valence-corrected chi connectivity index (χ3v) is 6.41. The molecule has 0 saturated carbocycles. The maximum atomic E-state index is 12.6. The monoisotopic (exact) mass is 400 g/mol. The van der Waals surface area contributed by atoms with E-state index in [1.54, 1.807) is 11.0 Å². The average molecular weight is 401 g/mol. The molecule has 3 heterocycles. The van der Waals surface area contributed by atoms with Gasteiger partial charge in [0, 0.05) is 44.8 Å². The molecule has 3 rings (SSSR count). The zero-order chi connectivity index (χ0) is 18.0. The van der Waals surface area contributed by atoms with Crippen LogP contribution in [-0.4, -0.2) is 59.7 Å². The van der Waals surface area contributed by atoms with Crippen LogP contribution in [0.5, 0.6) is 0 Å². The van der Waals surface area contributed by atoms with Crippen molar-refractivity contribution in [2.24, 2.45) is 0 Å². The van der Waals surface area contributed by atoms with Crippen LogP contribution < -0.4 is 0 Å². The molecule has 0 radical (unpaired) electrons. The number of hydrogen-bond donors (Lipinski definition) is 0. The molecule has 1 amide bonds. The molecule has 0 aromatic carbocycles. The van der Waals surface area contributed by atoms with E-state index < -0.39 is 10.0 Å². The van der Waals surface area contributed by atoms with Gasteiger partial charge in [-0.25, -0.2) is 13.4 Å². The Labute approximate surface area is 155 Å². The van der Waals surface area contributed by atoms with Gasteiger partial charge >= 0.3 is 0 Å². The summed E-state index contributed by atoms with van der Waals surface area (Å²) in [5, 5.41) is 0.330. The summed E-state index contributed by atoms with van der Waals surface area (Å²) >= 11 is 11.6. The Morgan fingerprint density at radius 1 is 1.12 bits per heavy atom. The number of piperazine rings is 1. The van der Waals surface area contributed by atoms with E-state index in [-0.39, 0.29) is 47.2 Å². The molecule has 1 fully saturated rings. The number of amides is 1. The first-order chi connectivity index (χ1) is 11.9. The number of rotatable bonds is 3. The molecule has 0 aliphatic carbocycles. The summed E-state index contributed by atoms with van der Waals surface area (Å²) in [6.45, 7) is 0.965. The highest BCUT2D eigenvalue weighted by Crippen LogP contribution is 2.22. The second-order valence-corrected chi connectivity index (χ2v) is 8.08. The number of sulfonamides is 1. The van der Waals surface area contributed by atoms with E-state index in [1.807, 2.05) is 0 Å². The van der Waals surface area contributed by atoms with Crippen LogP contribution in [0.25, 0.3) is 0 Å². The maximum absolute atomic E-state index is 12.6. The SMILES string of the molecule is O=C(c1cnc(Cl)c(Cl)c1)N1CCN(S(=O)(=O)c2cccnc2)CC1. The molecular weight excluding hydrogens is 387 g/mol. The molecule has 25 heavy (non-hydrogen) atoms. The van der Waals surface area contributed by atoms with E-state index in [0.717, 1.165) is 0 Å². The highest BCUT2D eigenvalue weighted by Gasteiger charge is 2.30. The van der Waals surface area contributed by atoms with E-state index in [0.29, 0.717) is 5.56 Å². The van der Waals surface area contributed by atoms with Crippen molar-refractivity contribution in [3.8, 4) is 0 Å². The number of pyridine rings is 2. The summed E-state index contributed by atoms with van der Waals surface area (Å²) < 4.78 is 26.5. The zero-order valence-electron chi connectivity index (χ0n) is 13.0. The molecule has 0 atom stereocenters. The van der Waals surface area contributed by atoms with Gasteiger partial charge in [-0.05, 0) is 18.2 Å². The summed E-state index contributed by atoms with van der Waals surface area (Å²) in [6.07, 6.45) is 4.18. The molecule has 0 unspecified atom stereocenters. The van der Waals surface area contributed by atoms with Crippen molar-refractivity contribution in [3.63, 3.8) is 0 Å². The quantitative estimate of drug-likeness (QED) is 0.734. The molecule has 1 saturated heterocycles. The van der Waals surface area contributed by atoms with Crippen LogP contribution >= 0.6 is 23.2 Å². The van der Waals surface area contributed by atoms with Gasteiger partial charge in [-0.2, -0.15) is 4.31 Å². The molecule has 0 bridgehead atoms. The Morgan fingerprint density at radius 3 is 2.44 bits per heavy atom. The Kier molecular flexibility index (Phi) is 5.24. The number of carbonyl (C=O) groups is 1. The third kappa shape index (κ3) is 3.77. The second kappa shape index (κ2) is 7.25. The first-order valence-electron chi connectivity index (χ1n) is 7.40. The highest BCUT2D eigenvalue weighted by molar-refractivity contribution is 7.89. The van der Waals surface area contributed by atoms with Crippen molar-refractivity contribution >= 4 is 39.1 Å². The fourth-order valence-corrected chi connectivity index (χ4v) is 4.16. The summed E-state index contributed by atoms with van der Waals surface area (Å²) in [6, 6.07) is 4.53. The largest absolute Gasteiger partial charge is 0.336 e. The van der Waals surface area contributed by atoms with Crippen molar-refractivity contribution in [2.45, 2.75) is 4.90 Å². The number of nitrogens with zero attached hydrogens (tertiary/aromatic N) is 4. The van der Waals surface area contributed by atoms with Crippen LogP contribution in [0.4, 0.5) is 0 Å². The Morgan fingerprint density at radius 2 is 1.84 bits per heavy atom. The minimum Gasteiger partial charge on any atom is -0.336 e. The summed E-state index contributed by atoms with van der Waals surface area (Å²) in [4.78, 5) is 21.9. The number of carbonyl (C=O) groups excluding carboxylic acids is 1. The standard InChI is InChI=1S/C15H14Cl2N4O3S/c16-13-8-11(9-19-14(13)17)15(22)20-4-6-21(7-5-20)25(23,24)12-2-1-3-18-10-12/h1-3,8-10H,4-7H2. The first kappa shape index (κ1) is 18.1. The van der Waals surface area contributed by atoms with Gasteiger partial charge in [0.15, 0.2) is 0 Å². The lowest BCUT2D eigenvalue weighted by Crippen LogP contribution is -2.50. The van der Waals surface area contributed by atoms with Gasteiger partial charge in [-0.1, -0.05) is 23.2 Å². The second-order valence-electron chi connectivity index (χ2n) is 5.38. The van der Waals surface area contributed by atoms with E-state index >= 15 is 0 Å². The number of aromatic nitrogens is 2. The van der Waals surface area contributed by atoms with Crippen LogP contribution in [0.2, 0.25) is 10.2 Å². The van der Waals surface area contributed by atoms with Gasteiger partial charge in [-0.15, -0.1) is 0 Å². The van der Waals surface area contributed by atoms with E-state index in [1.165, 1.54) is 35.0 Å². The Bertz CT molecular complexity index is 885. The normalized spacial score (nSPS) is 16.0. The number of halogens is 2. The third-order valence-electron chi connectivity index (χ3n) is 3.84. The van der Waals surface area contributed by atoms with E-state index in [9.17, 15) is 13.2 Å². The maximum Gasteiger partial charge on any atom is 0.255 e. The van der Waals surface area contributed by atoms with Crippen LogP contribution in [0.3, 0.4) is 0 Å². The van der Waals surface area contributed by atoms with Crippen LogP contribution in [0, 0.1) is 0 Å². The van der Waals surface area contributed by atoms with Gasteiger partial charge in [-0.3, -0.25) is 9.78 Å². The molecule has 132 valence electrons. The van der Waals surface area contributed by atoms with Gasteiger partial charge < -0.3 is 4.90 Å². The van der Waals surface area contributed by atoms with Crippen molar-refractivity contribution < 1.29 is 13.2 Å². The Hall–Kier alpha value is -1.74. The lowest BCUT2D eigenvalue weighted by atomic mass is 10.2. The molecule has 0 spiro atoms. The van der Waals surface area contributed by atoms with Crippen molar-refractivity contribution in [1.29, 1.82) is 0 Å². The van der Waals surface area contributed by atoms with Crippen LogP contribution in [0.15, 0.2) is 41.7 Å². The van der Waals surface area contributed by atoms with Gasteiger partial charge in [0.2, 0.25) is 10.0 Å². The van der Waals surface area contributed by atoms with Gasteiger partial charge in [0.1, 0.15) is 10.0 Å². The molecular formula is C15H14Cl2N4O3S. The first-order valence-corrected chi connectivity index (χ1v) is 9.59. The lowest BCUT2D eigenvalue weighted by Gasteiger charge is -2.34. The zero-order valence-corrected chi connectivity index (χ0v) is 15.3. The molecule has 10 heteroatoms. The van der Waals surface area contributed by atoms with Gasteiger partial charge in [0.25, 0.3) is 5.91 Å². The minimum atomic E-state index is -3.61. The van der Waals surface area contributed by atoms with Crippen molar-refractivity contribution in [3.05, 3.63) is 52.5 Å². The smallest absolute Gasteiger partial charge is 0.255 e. The average Bonchev–Trinajstić information content (AvgIpc) is 2.64. The molecule has 0 N–H and O–H groups in total. The van der Waals surface area contributed by atoms with E-state index in [4.69, 9.17) is 23.2 Å². The molecule has 7 nitrogen and oxygen atoms in total. The van der Waals surface area contributed by atoms with E-state index in [2.05, 4.69) is 9.97 Å². The molecule has 1 aliphatic heterocycles. The number of hydrogen-bond acceptors (Lipinski definition) is 5. The fraction of sp³-hybridized carbons (Fsp3) is 0.267. The van der Waals surface area contributed by atoms with Crippen LogP contribution in [-0.2, 0) is 10.0 Å². The predicted octanol–water partition coefficient (Wildman–Crippen LogP) is 1.93. The summed E-state index contributed by atoms with van der Waals surface area (Å²) in [7, 11) is -3.61. The molecule has 2 aromatic heterocycles. The highest BCUT2D eigenvalue weighted by atomic mass is 35.5. The Balaban J connectivity index is 1.69. The van der Waals surface area contributed by atoms with Crippen molar-refractivity contribution in [2.75, 3.05) is 26.2 Å². The molecule has 2 aromatic rings. The van der Waals surface area contributed by atoms with Crippen LogP contribution in [0.1, 0.15) is 10.4 Å². The van der Waals surface area contributed by atoms with Gasteiger partial charge in [0.05, 0.1) is 10.6 Å².